The van der Waals surface area contributed by atoms with Crippen LogP contribution in [-0.2, 0) is 28.6 Å². The number of esters is 3. The molecule has 0 fully saturated rings. The summed E-state index contributed by atoms with van der Waals surface area (Å²) in [5.41, 5.74) is 0. The Morgan fingerprint density at radius 1 is 0.247 bits per heavy atom. The van der Waals surface area contributed by atoms with E-state index in [1.54, 1.807) is 0 Å². The van der Waals surface area contributed by atoms with E-state index in [0.717, 1.165) is 64.2 Å². The van der Waals surface area contributed by atoms with Crippen LogP contribution in [0.3, 0.4) is 0 Å². The minimum Gasteiger partial charge on any atom is -0.462 e. The summed E-state index contributed by atoms with van der Waals surface area (Å²) in [4.78, 5) is 38.2. The third-order valence-corrected chi connectivity index (χ3v) is 17.0. The largest absolute Gasteiger partial charge is 0.462 e. The third-order valence-electron chi connectivity index (χ3n) is 17.0. The first-order chi connectivity index (χ1) is 40.0. The number of hydrogen-bond donors (Lipinski definition) is 0. The van der Waals surface area contributed by atoms with Crippen molar-refractivity contribution < 1.29 is 28.6 Å². The molecule has 0 rings (SSSR count). The van der Waals surface area contributed by atoms with Crippen LogP contribution in [0.15, 0.2) is 24.3 Å². The Morgan fingerprint density at radius 2 is 0.444 bits per heavy atom. The third kappa shape index (κ3) is 68.6. The van der Waals surface area contributed by atoms with Crippen LogP contribution in [0.2, 0.25) is 0 Å². The highest BCUT2D eigenvalue weighted by Gasteiger charge is 2.20. The number of unbranched alkanes of at least 4 members (excludes halogenated alkanes) is 54. The highest BCUT2D eigenvalue weighted by atomic mass is 16.6. The van der Waals surface area contributed by atoms with Gasteiger partial charge in [-0.05, 0) is 51.4 Å². The molecule has 0 aromatic rings. The molecule has 1 atom stereocenters. The fourth-order valence-corrected chi connectivity index (χ4v) is 11.4. The maximum atomic E-state index is 12.9. The van der Waals surface area contributed by atoms with E-state index in [9.17, 15) is 14.4 Å². The molecule has 0 aromatic carbocycles. The Kier molecular flexibility index (Phi) is 68.5. The number of ether oxygens (including phenoxy) is 3. The van der Waals surface area contributed by atoms with Gasteiger partial charge in [0.2, 0.25) is 0 Å². The van der Waals surface area contributed by atoms with Gasteiger partial charge >= 0.3 is 17.9 Å². The molecule has 81 heavy (non-hydrogen) atoms. The molecule has 0 heterocycles. The van der Waals surface area contributed by atoms with Crippen LogP contribution in [0.4, 0.5) is 0 Å². The molecule has 0 N–H and O–H groups in total. The molecule has 0 saturated heterocycles. The normalized spacial score (nSPS) is 12.1. The maximum Gasteiger partial charge on any atom is 0.306 e. The number of carbonyl (C=O) groups excluding carboxylic acids is 3. The minimum absolute atomic E-state index is 0.0676. The molecule has 0 saturated carbocycles. The summed E-state index contributed by atoms with van der Waals surface area (Å²) in [5.74, 6) is -0.851. The van der Waals surface area contributed by atoms with Gasteiger partial charge in [-0.25, -0.2) is 0 Å². The average Bonchev–Trinajstić information content (AvgIpc) is 3.47. The number of rotatable bonds is 69. The van der Waals surface area contributed by atoms with Gasteiger partial charge in [0, 0.05) is 19.3 Å². The molecule has 0 aromatic heterocycles. The molecular weight excluding hydrogens is 997 g/mol. The molecule has 6 nitrogen and oxygen atoms in total. The Hall–Kier alpha value is -2.11. The van der Waals surface area contributed by atoms with Gasteiger partial charge in [0.05, 0.1) is 0 Å². The lowest BCUT2D eigenvalue weighted by Gasteiger charge is -2.18. The first-order valence-corrected chi connectivity index (χ1v) is 36.8. The van der Waals surface area contributed by atoms with Gasteiger partial charge < -0.3 is 14.2 Å². The van der Waals surface area contributed by atoms with Crippen molar-refractivity contribution in [2.75, 3.05) is 13.2 Å². The predicted octanol–water partition coefficient (Wildman–Crippen LogP) is 25.3. The van der Waals surface area contributed by atoms with Gasteiger partial charge in [0.1, 0.15) is 13.2 Å². The molecule has 0 radical (unpaired) electrons. The molecule has 0 amide bonds. The van der Waals surface area contributed by atoms with E-state index in [1.807, 2.05) is 0 Å². The first kappa shape index (κ1) is 78.9. The lowest BCUT2D eigenvalue weighted by Crippen LogP contribution is -2.30. The van der Waals surface area contributed by atoms with Gasteiger partial charge in [-0.15, -0.1) is 0 Å². The smallest absolute Gasteiger partial charge is 0.306 e. The van der Waals surface area contributed by atoms with Crippen LogP contribution in [0.5, 0.6) is 0 Å². The zero-order valence-electron chi connectivity index (χ0n) is 55.1. The maximum absolute atomic E-state index is 12.9. The topological polar surface area (TPSA) is 78.9 Å². The molecule has 0 aliphatic carbocycles. The molecule has 6 heteroatoms. The highest BCUT2D eigenvalue weighted by Crippen LogP contribution is 2.19. The summed E-state index contributed by atoms with van der Waals surface area (Å²) in [5, 5.41) is 0. The summed E-state index contributed by atoms with van der Waals surface area (Å²) in [6.45, 7) is 6.66. The lowest BCUT2D eigenvalue weighted by atomic mass is 10.0. The lowest BCUT2D eigenvalue weighted by molar-refractivity contribution is -0.167. The van der Waals surface area contributed by atoms with Crippen LogP contribution < -0.4 is 0 Å². The monoisotopic (exact) mass is 1140 g/mol. The highest BCUT2D eigenvalue weighted by molar-refractivity contribution is 5.71. The minimum atomic E-state index is -0.769. The van der Waals surface area contributed by atoms with E-state index < -0.39 is 6.10 Å². The van der Waals surface area contributed by atoms with Crippen molar-refractivity contribution in [3.05, 3.63) is 24.3 Å². The van der Waals surface area contributed by atoms with Crippen LogP contribution in [0.25, 0.3) is 0 Å². The summed E-state index contributed by atoms with van der Waals surface area (Å²) in [6, 6.07) is 0. The summed E-state index contributed by atoms with van der Waals surface area (Å²) >= 11 is 0. The zero-order valence-corrected chi connectivity index (χ0v) is 55.1. The van der Waals surface area contributed by atoms with E-state index in [-0.39, 0.29) is 31.1 Å². The Morgan fingerprint density at radius 3 is 0.679 bits per heavy atom. The van der Waals surface area contributed by atoms with Crippen molar-refractivity contribution in [3.8, 4) is 0 Å². The standard InChI is InChI=1S/C75H142O6/c1-4-7-10-13-16-18-20-22-24-26-28-30-31-32-33-34-35-36-37-38-39-40-41-42-43-45-46-48-50-52-54-56-59-62-65-68-74(77)80-71-72(70-79-73(76)67-64-61-58-15-12-9-6-3)81-75(78)69-66-63-60-57-55-53-51-49-47-44-29-27-25-23-21-19-17-14-11-8-5-2/h21,23,27,29,72H,4-20,22,24-26,28,30-71H2,1-3H3/b23-21-,29-27-. The van der Waals surface area contributed by atoms with Gasteiger partial charge in [-0.1, -0.05) is 373 Å². The van der Waals surface area contributed by atoms with E-state index in [2.05, 4.69) is 45.1 Å². The molecule has 0 aliphatic heterocycles. The van der Waals surface area contributed by atoms with Gasteiger partial charge in [-0.3, -0.25) is 14.4 Å². The van der Waals surface area contributed by atoms with E-state index in [4.69, 9.17) is 14.2 Å². The van der Waals surface area contributed by atoms with Crippen molar-refractivity contribution in [1.29, 1.82) is 0 Å². The van der Waals surface area contributed by atoms with E-state index in [1.165, 1.54) is 315 Å². The second-order valence-corrected chi connectivity index (χ2v) is 25.2. The average molecular weight is 1140 g/mol. The number of hydrogen-bond acceptors (Lipinski definition) is 6. The van der Waals surface area contributed by atoms with Crippen molar-refractivity contribution in [2.24, 2.45) is 0 Å². The van der Waals surface area contributed by atoms with Crippen LogP contribution in [0.1, 0.15) is 419 Å². The van der Waals surface area contributed by atoms with Crippen LogP contribution in [0, 0.1) is 0 Å². The van der Waals surface area contributed by atoms with Crippen molar-refractivity contribution in [2.45, 2.75) is 425 Å². The van der Waals surface area contributed by atoms with Crippen molar-refractivity contribution in [1.82, 2.24) is 0 Å². The molecule has 0 spiro atoms. The zero-order chi connectivity index (χ0) is 58.5. The van der Waals surface area contributed by atoms with Gasteiger partial charge in [0.15, 0.2) is 6.10 Å². The predicted molar refractivity (Wildman–Crippen MR) is 353 cm³/mol. The second kappa shape index (κ2) is 70.4. The summed E-state index contributed by atoms with van der Waals surface area (Å²) < 4.78 is 16.9. The van der Waals surface area contributed by atoms with Gasteiger partial charge in [-0.2, -0.15) is 0 Å². The first-order valence-electron chi connectivity index (χ1n) is 36.8. The van der Waals surface area contributed by atoms with Crippen LogP contribution >= 0.6 is 0 Å². The number of allylic oxidation sites excluding steroid dienone is 4. The molecule has 0 aliphatic rings. The number of carbonyl (C=O) groups is 3. The Bertz CT molecular complexity index is 1310. The second-order valence-electron chi connectivity index (χ2n) is 25.2. The fourth-order valence-electron chi connectivity index (χ4n) is 11.4. The fraction of sp³-hybridized carbons (Fsp3) is 0.907. The van der Waals surface area contributed by atoms with Gasteiger partial charge in [0.25, 0.3) is 0 Å². The summed E-state index contributed by atoms with van der Waals surface area (Å²) in [6.07, 6.45) is 87.0. The summed E-state index contributed by atoms with van der Waals surface area (Å²) in [7, 11) is 0. The van der Waals surface area contributed by atoms with Crippen molar-refractivity contribution in [3.63, 3.8) is 0 Å². The Labute approximate surface area is 506 Å². The van der Waals surface area contributed by atoms with E-state index in [0.29, 0.717) is 19.3 Å². The molecule has 1 unspecified atom stereocenters. The van der Waals surface area contributed by atoms with Crippen molar-refractivity contribution >= 4 is 17.9 Å². The molecule has 478 valence electrons. The van der Waals surface area contributed by atoms with Crippen LogP contribution in [-0.4, -0.2) is 37.2 Å². The Balaban J connectivity index is 3.93. The quantitative estimate of drug-likeness (QED) is 0.0261. The SMILES string of the molecule is CCCCCCC/C=C\C/C=C\CCCCCCCCCCCC(=O)OC(COC(=O)CCCCCCCCC)COC(=O)CCCCCCCCCCCCCCCCCCCCCCCCCCCCCCCCCCCCC. The molecular formula is C75H142O6. The molecule has 0 bridgehead atoms. The van der Waals surface area contributed by atoms with E-state index >= 15 is 0 Å².